The Hall–Kier alpha value is -3.82. The Bertz CT molecular complexity index is 1130. The number of carbonyl (C=O) groups excluding carboxylic acids is 1. The number of ether oxygens (including phenoxy) is 1. The third-order valence-corrected chi connectivity index (χ3v) is 4.54. The average molecular weight is 419 g/mol. The van der Waals surface area contributed by atoms with Crippen molar-refractivity contribution >= 4 is 18.0 Å². The van der Waals surface area contributed by atoms with Gasteiger partial charge in [-0.3, -0.25) is 4.79 Å². The minimum absolute atomic E-state index is 0.347. The Morgan fingerprint density at radius 2 is 1.93 bits per heavy atom. The number of amides is 1. The number of furan rings is 1. The number of anilines is 1. The van der Waals surface area contributed by atoms with Gasteiger partial charge >= 0.3 is 6.18 Å². The second-order valence-electron chi connectivity index (χ2n) is 6.36. The highest BCUT2D eigenvalue weighted by Crippen LogP contribution is 2.43. The molecule has 154 valence electrons. The summed E-state index contributed by atoms with van der Waals surface area (Å²) < 4.78 is 65.5. The maximum Gasteiger partial charge on any atom is 0.419 e. The summed E-state index contributed by atoms with van der Waals surface area (Å²) in [6.07, 6.45) is -2.76. The smallest absolute Gasteiger partial charge is 0.419 e. The van der Waals surface area contributed by atoms with E-state index in [-0.39, 0.29) is 0 Å². The van der Waals surface area contributed by atoms with Crippen LogP contribution in [0.25, 0.3) is 11.1 Å². The molecule has 3 aromatic rings. The van der Waals surface area contributed by atoms with E-state index >= 15 is 0 Å². The molecule has 4 rings (SSSR count). The molecule has 0 spiro atoms. The van der Waals surface area contributed by atoms with Crippen molar-refractivity contribution in [3.63, 3.8) is 0 Å². The molecule has 2 heterocycles. The Kier molecular flexibility index (Phi) is 4.69. The number of nitrogens with zero attached hydrogens (tertiary/aromatic N) is 2. The van der Waals surface area contributed by atoms with Crippen LogP contribution in [0.1, 0.15) is 27.7 Å². The van der Waals surface area contributed by atoms with Crippen molar-refractivity contribution in [2.45, 2.75) is 12.4 Å². The largest absolute Gasteiger partial charge is 0.472 e. The van der Waals surface area contributed by atoms with Gasteiger partial charge in [-0.2, -0.15) is 13.2 Å². The number of benzene rings is 2. The Morgan fingerprint density at radius 3 is 2.60 bits per heavy atom. The van der Waals surface area contributed by atoms with Crippen LogP contribution in [0.2, 0.25) is 0 Å². The van der Waals surface area contributed by atoms with Crippen LogP contribution in [0.5, 0.6) is 0 Å². The second-order valence-corrected chi connectivity index (χ2v) is 6.36. The van der Waals surface area contributed by atoms with E-state index in [4.69, 9.17) is 14.9 Å². The third-order valence-electron chi connectivity index (χ3n) is 4.54. The minimum Gasteiger partial charge on any atom is -0.472 e. The summed E-state index contributed by atoms with van der Waals surface area (Å²) in [5.41, 5.74) is 4.14. The number of primary amides is 1. The van der Waals surface area contributed by atoms with Gasteiger partial charge in [-0.05, 0) is 35.9 Å². The zero-order valence-corrected chi connectivity index (χ0v) is 15.1. The van der Waals surface area contributed by atoms with Crippen LogP contribution >= 0.6 is 0 Å². The molecule has 10 heteroatoms. The molecule has 1 aromatic heterocycles. The fourth-order valence-electron chi connectivity index (χ4n) is 3.26. The lowest BCUT2D eigenvalue weighted by Gasteiger charge is -2.27. The molecule has 1 amide bonds. The first kappa shape index (κ1) is 19.5. The molecule has 1 aliphatic rings. The van der Waals surface area contributed by atoms with Crippen molar-refractivity contribution in [2.75, 3.05) is 5.01 Å². The molecule has 6 nitrogen and oxygen atoms in total. The quantitative estimate of drug-likeness (QED) is 0.623. The lowest BCUT2D eigenvalue weighted by atomic mass is 9.97. The van der Waals surface area contributed by atoms with E-state index in [1.165, 1.54) is 12.5 Å². The van der Waals surface area contributed by atoms with Crippen molar-refractivity contribution in [3.8, 4) is 11.1 Å². The first-order chi connectivity index (χ1) is 14.3. The number of hydrazone groups is 1. The Labute approximate surface area is 167 Å². The molecule has 0 bridgehead atoms. The van der Waals surface area contributed by atoms with Crippen LogP contribution in [0.3, 0.4) is 0 Å². The minimum atomic E-state index is -5.10. The van der Waals surface area contributed by atoms with E-state index in [2.05, 4.69) is 5.10 Å². The van der Waals surface area contributed by atoms with Crippen molar-refractivity contribution in [3.05, 3.63) is 77.5 Å². The zero-order chi connectivity index (χ0) is 21.5. The molecule has 0 radical (unpaired) electrons. The summed E-state index contributed by atoms with van der Waals surface area (Å²) in [5, 5.41) is 5.07. The lowest BCUT2D eigenvalue weighted by Crippen LogP contribution is -2.28. The van der Waals surface area contributed by atoms with Gasteiger partial charge in [-0.15, -0.1) is 5.10 Å². The van der Waals surface area contributed by atoms with Gasteiger partial charge in [0.25, 0.3) is 0 Å². The summed E-state index contributed by atoms with van der Waals surface area (Å²) in [7, 11) is 0. The fourth-order valence-corrected chi connectivity index (χ4v) is 3.26. The monoisotopic (exact) mass is 419 g/mol. The lowest BCUT2D eigenvalue weighted by molar-refractivity contribution is -0.141. The van der Waals surface area contributed by atoms with Gasteiger partial charge < -0.3 is 14.9 Å². The molecule has 1 unspecified atom stereocenters. The number of hydrogen-bond acceptors (Lipinski definition) is 5. The molecule has 30 heavy (non-hydrogen) atoms. The van der Waals surface area contributed by atoms with E-state index in [1.54, 1.807) is 30.3 Å². The molecule has 0 saturated heterocycles. The van der Waals surface area contributed by atoms with Crippen LogP contribution in [-0.4, -0.2) is 12.3 Å². The maximum absolute atomic E-state index is 14.2. The molecule has 1 aliphatic heterocycles. The number of carbonyl (C=O) groups is 1. The summed E-state index contributed by atoms with van der Waals surface area (Å²) in [6, 6.07) is 9.80. The van der Waals surface area contributed by atoms with E-state index in [0.29, 0.717) is 17.3 Å². The van der Waals surface area contributed by atoms with Gasteiger partial charge in [0.05, 0.1) is 18.2 Å². The molecular weight excluding hydrogens is 406 g/mol. The first-order valence-electron chi connectivity index (χ1n) is 8.56. The molecule has 1 atom stereocenters. The van der Waals surface area contributed by atoms with Crippen molar-refractivity contribution in [1.29, 1.82) is 0 Å². The van der Waals surface area contributed by atoms with E-state index in [9.17, 15) is 22.4 Å². The number of rotatable bonds is 4. The van der Waals surface area contributed by atoms with Crippen LogP contribution in [0, 0.1) is 5.82 Å². The molecular formula is C20H13F4N3O3. The number of hydrogen-bond donors (Lipinski definition) is 1. The van der Waals surface area contributed by atoms with Gasteiger partial charge in [0.1, 0.15) is 11.4 Å². The predicted molar refractivity (Wildman–Crippen MR) is 98.9 cm³/mol. The molecule has 0 saturated carbocycles. The van der Waals surface area contributed by atoms with Crippen LogP contribution < -0.4 is 10.7 Å². The Morgan fingerprint density at radius 1 is 1.13 bits per heavy atom. The number of nitrogens with two attached hydrogens (primary N) is 1. The van der Waals surface area contributed by atoms with E-state index in [1.807, 2.05) is 0 Å². The predicted octanol–water partition coefficient (Wildman–Crippen LogP) is 4.68. The molecule has 2 N–H and O–H groups in total. The van der Waals surface area contributed by atoms with E-state index in [0.717, 1.165) is 23.0 Å². The van der Waals surface area contributed by atoms with Gasteiger partial charge in [0.15, 0.2) is 6.40 Å². The number of halogens is 4. The summed E-state index contributed by atoms with van der Waals surface area (Å²) in [6.45, 7) is 0. The highest BCUT2D eigenvalue weighted by molar-refractivity contribution is 5.95. The van der Waals surface area contributed by atoms with Crippen molar-refractivity contribution in [1.82, 2.24) is 0 Å². The summed E-state index contributed by atoms with van der Waals surface area (Å²) >= 11 is 0. The highest BCUT2D eigenvalue weighted by Gasteiger charge is 2.43. The zero-order valence-electron chi connectivity index (χ0n) is 15.1. The van der Waals surface area contributed by atoms with E-state index < -0.39 is 40.8 Å². The molecule has 0 fully saturated rings. The summed E-state index contributed by atoms with van der Waals surface area (Å²) in [5.74, 6) is -2.71. The third kappa shape index (κ3) is 3.36. The standard InChI is InChI=1S/C20H13F4N3O3/c21-15-5-4-14(18(25)28)16(17(15)20(22,23)24)19-27(26-10-30-19)13-3-1-2-11(8-13)12-6-7-29-9-12/h1-10,19H,(H2,25,28). The second kappa shape index (κ2) is 7.21. The Balaban J connectivity index is 1.85. The van der Waals surface area contributed by atoms with Gasteiger partial charge in [0, 0.05) is 16.7 Å². The molecule has 2 aromatic carbocycles. The van der Waals surface area contributed by atoms with Gasteiger partial charge in [-0.25, -0.2) is 9.40 Å². The maximum atomic E-state index is 14.2. The average Bonchev–Trinajstić information content (AvgIpc) is 3.38. The highest BCUT2D eigenvalue weighted by atomic mass is 19.4. The summed E-state index contributed by atoms with van der Waals surface area (Å²) in [4.78, 5) is 11.8. The van der Waals surface area contributed by atoms with Crippen LogP contribution in [0.15, 0.2) is 64.5 Å². The van der Waals surface area contributed by atoms with Crippen molar-refractivity contribution in [2.24, 2.45) is 10.8 Å². The molecule has 0 aliphatic carbocycles. The topological polar surface area (TPSA) is 81.1 Å². The van der Waals surface area contributed by atoms with Gasteiger partial charge in [0.2, 0.25) is 12.1 Å². The van der Waals surface area contributed by atoms with Gasteiger partial charge in [-0.1, -0.05) is 12.1 Å². The van der Waals surface area contributed by atoms with Crippen LogP contribution in [-0.2, 0) is 10.9 Å². The van der Waals surface area contributed by atoms with Crippen LogP contribution in [0.4, 0.5) is 23.2 Å². The SMILES string of the molecule is NC(=O)c1ccc(F)c(C(F)(F)F)c1C1OC=NN1c1cccc(-c2ccoc2)c1. The van der Waals surface area contributed by atoms with Crippen molar-refractivity contribution < 1.29 is 31.5 Å². The number of alkyl halides is 3. The first-order valence-corrected chi connectivity index (χ1v) is 8.56. The normalized spacial score (nSPS) is 16.0. The fraction of sp³-hybridized carbons (Fsp3) is 0.100.